The Morgan fingerprint density at radius 1 is 0.303 bits per heavy atom. The van der Waals surface area contributed by atoms with Crippen LogP contribution >= 0.6 is 0 Å². The van der Waals surface area contributed by atoms with Gasteiger partial charge in [-0.3, -0.25) is 0 Å². The number of fused-ring (bicyclic) bond motifs is 1. The topological polar surface area (TPSA) is 43.4 Å². The molecule has 10 aromatic rings. The third-order valence-electron chi connectivity index (χ3n) is 15.2. The van der Waals surface area contributed by atoms with Crippen LogP contribution in [-0.2, 0) is 10.8 Å². The van der Waals surface area contributed by atoms with Crippen molar-refractivity contribution in [2.45, 2.75) is 38.0 Å². The van der Waals surface area contributed by atoms with E-state index in [-0.39, 0.29) is 10.8 Å². The van der Waals surface area contributed by atoms with Gasteiger partial charge in [0, 0.05) is 61.8 Å². The van der Waals surface area contributed by atoms with E-state index in [1.807, 2.05) is 24.3 Å². The minimum absolute atomic E-state index is 0.158. The summed E-state index contributed by atoms with van der Waals surface area (Å²) in [6, 6.07) is 84.0. The van der Waals surface area contributed by atoms with Gasteiger partial charge >= 0.3 is 0 Å². The molecule has 76 heavy (non-hydrogen) atoms. The molecule has 6 heteroatoms. The highest BCUT2D eigenvalue weighted by molar-refractivity contribution is 5.88. The summed E-state index contributed by atoms with van der Waals surface area (Å²) in [4.78, 5) is 4.71. The molecule has 0 N–H and O–H groups in total. The van der Waals surface area contributed by atoms with E-state index in [9.17, 15) is 0 Å². The average molecular weight is 995 g/mol. The van der Waals surface area contributed by atoms with Crippen molar-refractivity contribution in [2.75, 3.05) is 38.2 Å². The SMILES string of the molecule is COc1ccc(N(c2ccc(C3(C)CC(C)(C)c4cc(N(c5ccc(OC)c(-c6ccccc6)c5)c5ccc(OC)c(-c6ccccc6)c5)ccc43)cc2)c2ccc(OC)c(-c3ccccc3)c2)cc1-c1ccccc1. The molecule has 0 saturated carbocycles. The molecule has 1 aliphatic carbocycles. The van der Waals surface area contributed by atoms with Crippen molar-refractivity contribution in [3.8, 4) is 67.5 Å². The molecular weight excluding hydrogens is 933 g/mol. The Bertz CT molecular complexity index is 3470. The van der Waals surface area contributed by atoms with Crippen LogP contribution in [0.15, 0.2) is 237 Å². The van der Waals surface area contributed by atoms with E-state index in [1.54, 1.807) is 28.4 Å². The van der Waals surface area contributed by atoms with Crippen LogP contribution in [0.25, 0.3) is 44.5 Å². The number of rotatable bonds is 15. The van der Waals surface area contributed by atoms with Gasteiger partial charge in [0.2, 0.25) is 0 Å². The minimum atomic E-state index is -0.284. The number of benzene rings is 10. The van der Waals surface area contributed by atoms with Gasteiger partial charge in [0.25, 0.3) is 0 Å². The highest BCUT2D eigenvalue weighted by atomic mass is 16.5. The van der Waals surface area contributed by atoms with Gasteiger partial charge in [-0.2, -0.15) is 0 Å². The van der Waals surface area contributed by atoms with Crippen molar-refractivity contribution >= 4 is 34.1 Å². The molecule has 0 heterocycles. The molecule has 0 amide bonds. The second-order valence-corrected chi connectivity index (χ2v) is 20.3. The van der Waals surface area contributed by atoms with E-state index >= 15 is 0 Å². The second-order valence-electron chi connectivity index (χ2n) is 20.3. The Balaban J connectivity index is 1.02. The molecule has 1 atom stereocenters. The van der Waals surface area contributed by atoms with E-state index in [1.165, 1.54) is 16.7 Å². The van der Waals surface area contributed by atoms with Gasteiger partial charge < -0.3 is 28.7 Å². The number of ether oxygens (including phenoxy) is 4. The zero-order valence-electron chi connectivity index (χ0n) is 44.3. The average Bonchev–Trinajstić information content (AvgIpc) is 3.89. The predicted molar refractivity (Wildman–Crippen MR) is 314 cm³/mol. The Kier molecular flexibility index (Phi) is 13.4. The molecular formula is C70H62N2O4. The summed E-state index contributed by atoms with van der Waals surface area (Å²) in [6.45, 7) is 7.21. The smallest absolute Gasteiger partial charge is 0.126 e. The fraction of sp³-hybridized carbons (Fsp3) is 0.143. The van der Waals surface area contributed by atoms with Gasteiger partial charge in [-0.15, -0.1) is 0 Å². The lowest BCUT2D eigenvalue weighted by Crippen LogP contribution is -2.23. The summed E-state index contributed by atoms with van der Waals surface area (Å²) < 4.78 is 23.9. The van der Waals surface area contributed by atoms with Crippen molar-refractivity contribution in [3.63, 3.8) is 0 Å². The Hall–Kier alpha value is -9.00. The van der Waals surface area contributed by atoms with Gasteiger partial charge in [-0.1, -0.05) is 160 Å². The van der Waals surface area contributed by atoms with Crippen molar-refractivity contribution in [2.24, 2.45) is 0 Å². The molecule has 10 aromatic carbocycles. The van der Waals surface area contributed by atoms with Crippen LogP contribution in [0.1, 0.15) is 43.9 Å². The van der Waals surface area contributed by atoms with Crippen molar-refractivity contribution in [3.05, 3.63) is 253 Å². The first-order valence-electron chi connectivity index (χ1n) is 25.9. The lowest BCUT2D eigenvalue weighted by Gasteiger charge is -2.31. The number of methoxy groups -OCH3 is 4. The molecule has 0 fully saturated rings. The predicted octanol–water partition coefficient (Wildman–Crippen LogP) is 18.3. The number of hydrogen-bond acceptors (Lipinski definition) is 6. The van der Waals surface area contributed by atoms with Gasteiger partial charge in [-0.05, 0) is 148 Å². The first-order valence-corrected chi connectivity index (χ1v) is 25.9. The Labute approximate surface area is 448 Å². The van der Waals surface area contributed by atoms with Crippen molar-refractivity contribution in [1.29, 1.82) is 0 Å². The standard InChI is InChI=1S/C70H62N2O4/c1-69(2)47-70(3,52-28-30-53(31-29-52)71(54-33-38-65(73-4)59(42-54)48-20-12-8-13-21-48)55-34-39-66(74-5)60(43-55)49-22-14-9-15-23-49)63-37-32-58(46-64(63)69)72(56-35-40-67(75-6)61(44-56)50-24-16-10-17-25-50)57-36-41-68(76-7)62(45-57)51-26-18-11-19-27-51/h8-46H,47H2,1-7H3. The quantitative estimate of drug-likeness (QED) is 0.102. The molecule has 376 valence electrons. The zero-order chi connectivity index (χ0) is 52.4. The molecule has 0 aromatic heterocycles. The maximum Gasteiger partial charge on any atom is 0.126 e. The van der Waals surface area contributed by atoms with Gasteiger partial charge in [0.05, 0.1) is 28.4 Å². The fourth-order valence-corrected chi connectivity index (χ4v) is 11.6. The number of anilines is 6. The summed E-state index contributed by atoms with van der Waals surface area (Å²) >= 11 is 0. The minimum Gasteiger partial charge on any atom is -0.496 e. The Morgan fingerprint density at radius 3 is 0.921 bits per heavy atom. The summed E-state index contributed by atoms with van der Waals surface area (Å²) in [5.74, 6) is 3.26. The maximum absolute atomic E-state index is 5.98. The Morgan fingerprint density at radius 2 is 0.592 bits per heavy atom. The third kappa shape index (κ3) is 9.21. The van der Waals surface area contributed by atoms with Crippen LogP contribution in [0.5, 0.6) is 23.0 Å². The third-order valence-corrected chi connectivity index (χ3v) is 15.2. The van der Waals surface area contributed by atoms with Crippen LogP contribution in [0.2, 0.25) is 0 Å². The highest BCUT2D eigenvalue weighted by Crippen LogP contribution is 2.55. The van der Waals surface area contributed by atoms with E-state index in [2.05, 4.69) is 243 Å². The molecule has 0 saturated heterocycles. The first kappa shape index (κ1) is 49.2. The largest absolute Gasteiger partial charge is 0.496 e. The molecule has 0 spiro atoms. The van der Waals surface area contributed by atoms with E-state index in [0.29, 0.717) is 0 Å². The zero-order valence-corrected chi connectivity index (χ0v) is 44.3. The van der Waals surface area contributed by atoms with Crippen molar-refractivity contribution < 1.29 is 18.9 Å². The van der Waals surface area contributed by atoms with Crippen LogP contribution < -0.4 is 28.7 Å². The second kappa shape index (κ2) is 20.7. The molecule has 0 aliphatic heterocycles. The van der Waals surface area contributed by atoms with Crippen LogP contribution in [0.3, 0.4) is 0 Å². The van der Waals surface area contributed by atoms with Crippen LogP contribution in [0.4, 0.5) is 34.1 Å². The van der Waals surface area contributed by atoms with E-state index in [0.717, 1.165) is 108 Å². The number of hydrogen-bond donors (Lipinski definition) is 0. The number of nitrogens with zero attached hydrogens (tertiary/aromatic N) is 2. The fourth-order valence-electron chi connectivity index (χ4n) is 11.6. The molecule has 6 nitrogen and oxygen atoms in total. The lowest BCUT2D eigenvalue weighted by molar-refractivity contribution is 0.416. The maximum atomic E-state index is 5.98. The molecule has 0 radical (unpaired) electrons. The van der Waals surface area contributed by atoms with Gasteiger partial charge in [-0.25, -0.2) is 0 Å². The van der Waals surface area contributed by atoms with Crippen molar-refractivity contribution in [1.82, 2.24) is 0 Å². The molecule has 0 bridgehead atoms. The lowest BCUT2D eigenvalue weighted by atomic mass is 9.75. The molecule has 1 unspecified atom stereocenters. The first-order chi connectivity index (χ1) is 37.1. The monoisotopic (exact) mass is 994 g/mol. The van der Waals surface area contributed by atoms with Crippen LogP contribution in [-0.4, -0.2) is 28.4 Å². The highest BCUT2D eigenvalue weighted by Gasteiger charge is 2.46. The van der Waals surface area contributed by atoms with Crippen LogP contribution in [0, 0.1) is 0 Å². The summed E-state index contributed by atoms with van der Waals surface area (Å²) in [5, 5.41) is 0. The summed E-state index contributed by atoms with van der Waals surface area (Å²) in [6.07, 6.45) is 0.932. The summed E-state index contributed by atoms with van der Waals surface area (Å²) in [5.41, 5.74) is 18.0. The van der Waals surface area contributed by atoms with Gasteiger partial charge in [0.1, 0.15) is 23.0 Å². The molecule has 11 rings (SSSR count). The molecule has 1 aliphatic rings. The summed E-state index contributed by atoms with van der Waals surface area (Å²) in [7, 11) is 6.95. The van der Waals surface area contributed by atoms with E-state index < -0.39 is 0 Å². The van der Waals surface area contributed by atoms with Gasteiger partial charge in [0.15, 0.2) is 0 Å². The van der Waals surface area contributed by atoms with E-state index in [4.69, 9.17) is 18.9 Å². The normalized spacial score (nSPS) is 14.4.